The maximum atomic E-state index is 13.8. The number of benzene rings is 2. The zero-order valence-corrected chi connectivity index (χ0v) is 16.4. The monoisotopic (exact) mass is 411 g/mol. The van der Waals surface area contributed by atoms with Gasteiger partial charge in [0.1, 0.15) is 17.2 Å². The number of hydrogen-bond donors (Lipinski definition) is 2. The summed E-state index contributed by atoms with van der Waals surface area (Å²) in [7, 11) is 0. The van der Waals surface area contributed by atoms with Gasteiger partial charge in [-0.1, -0.05) is 23.8 Å². The maximum absolute atomic E-state index is 13.8. The maximum Gasteiger partial charge on any atom is 0.261 e. The summed E-state index contributed by atoms with van der Waals surface area (Å²) in [6.07, 6.45) is 3.61. The Bertz CT molecular complexity index is 1030. The van der Waals surface area contributed by atoms with Gasteiger partial charge in [-0.2, -0.15) is 0 Å². The first-order valence-corrected chi connectivity index (χ1v) is 10.2. The number of nitrogens with one attached hydrogen (secondary N) is 2. The Kier molecular flexibility index (Phi) is 5.78. The van der Waals surface area contributed by atoms with E-state index in [4.69, 9.17) is 0 Å². The number of hydrogen-bond acceptors (Lipinski definition) is 4. The van der Waals surface area contributed by atoms with Crippen LogP contribution in [0.5, 0.6) is 0 Å². The quantitative estimate of drug-likeness (QED) is 0.642. The van der Waals surface area contributed by atoms with Crippen LogP contribution in [0, 0.1) is 11.6 Å². The van der Waals surface area contributed by atoms with Gasteiger partial charge in [0.2, 0.25) is 0 Å². The van der Waals surface area contributed by atoms with Crippen molar-refractivity contribution in [1.82, 2.24) is 10.3 Å². The number of aromatic nitrogens is 1. The molecule has 4 nitrogen and oxygen atoms in total. The first kappa shape index (κ1) is 19.4. The molecule has 2 heterocycles. The van der Waals surface area contributed by atoms with Crippen molar-refractivity contribution in [2.45, 2.75) is 12.8 Å². The number of anilines is 1. The van der Waals surface area contributed by atoms with Crippen LogP contribution in [0.3, 0.4) is 0 Å². The van der Waals surface area contributed by atoms with Crippen molar-refractivity contribution in [2.75, 3.05) is 18.4 Å². The molecule has 0 unspecified atom stereocenters. The minimum atomic E-state index is -0.885. The summed E-state index contributed by atoms with van der Waals surface area (Å²) in [5.74, 6) is -2.58. The first-order chi connectivity index (χ1) is 14.1. The molecule has 1 aliphatic heterocycles. The largest absolute Gasteiger partial charge is 0.322 e. The second-order valence-corrected chi connectivity index (χ2v) is 7.72. The average Bonchev–Trinajstić information content (AvgIpc) is 3.22. The second kappa shape index (κ2) is 8.63. The van der Waals surface area contributed by atoms with Crippen LogP contribution in [0.1, 0.15) is 27.3 Å². The minimum absolute atomic E-state index is 0.479. The first-order valence-electron chi connectivity index (χ1n) is 9.27. The number of carbonyl (C=O) groups is 1. The highest BCUT2D eigenvalue weighted by atomic mass is 32.1. The molecule has 1 aliphatic rings. The van der Waals surface area contributed by atoms with Crippen LogP contribution in [0.4, 0.5) is 14.5 Å². The third-order valence-corrected chi connectivity index (χ3v) is 5.64. The predicted molar refractivity (Wildman–Crippen MR) is 111 cm³/mol. The van der Waals surface area contributed by atoms with Crippen LogP contribution >= 0.6 is 11.3 Å². The number of halogens is 2. The topological polar surface area (TPSA) is 54.0 Å². The second-order valence-electron chi connectivity index (χ2n) is 6.74. The minimum Gasteiger partial charge on any atom is -0.322 e. The van der Waals surface area contributed by atoms with Gasteiger partial charge in [-0.3, -0.25) is 4.79 Å². The van der Waals surface area contributed by atoms with Crippen molar-refractivity contribution in [3.05, 3.63) is 87.4 Å². The van der Waals surface area contributed by atoms with Crippen LogP contribution in [0.15, 0.2) is 59.6 Å². The van der Waals surface area contributed by atoms with Gasteiger partial charge in [-0.15, -0.1) is 11.3 Å². The molecule has 1 aromatic heterocycles. The standard InChI is InChI=1S/C22H19F2N3OS/c23-18-2-1-3-19(24)21(18)22(28)27-16-6-4-14(5-7-16)17-13-25-9-8-15(17)12-20-26-10-11-29-20/h1-7,10-11,25H,8-9,12-13H2,(H,27,28). The van der Waals surface area contributed by atoms with E-state index < -0.39 is 23.1 Å². The smallest absolute Gasteiger partial charge is 0.261 e. The molecule has 0 aliphatic carbocycles. The SMILES string of the molecule is O=C(Nc1ccc(C2=C(Cc3nccs3)CCNC2)cc1)c1c(F)cccc1F. The molecular formula is C22H19F2N3OS. The highest BCUT2D eigenvalue weighted by Crippen LogP contribution is 2.27. The molecule has 0 bridgehead atoms. The van der Waals surface area contributed by atoms with Crippen molar-refractivity contribution >= 4 is 28.5 Å². The lowest BCUT2D eigenvalue weighted by Crippen LogP contribution is -2.25. The van der Waals surface area contributed by atoms with Crippen LogP contribution in [-0.2, 0) is 6.42 Å². The summed E-state index contributed by atoms with van der Waals surface area (Å²) >= 11 is 1.65. The van der Waals surface area contributed by atoms with Gasteiger partial charge < -0.3 is 10.6 Å². The normalized spacial score (nSPS) is 14.1. The van der Waals surface area contributed by atoms with Gasteiger partial charge in [0.05, 0.1) is 5.01 Å². The van der Waals surface area contributed by atoms with Crippen LogP contribution < -0.4 is 10.6 Å². The van der Waals surface area contributed by atoms with Gasteiger partial charge in [0.25, 0.3) is 5.91 Å². The average molecular weight is 411 g/mol. The number of rotatable bonds is 5. The molecule has 1 amide bonds. The van der Waals surface area contributed by atoms with Crippen molar-refractivity contribution < 1.29 is 13.6 Å². The van der Waals surface area contributed by atoms with E-state index in [0.717, 1.165) is 48.6 Å². The predicted octanol–water partition coefficient (Wildman–Crippen LogP) is 4.66. The fraction of sp³-hybridized carbons (Fsp3) is 0.182. The molecule has 2 N–H and O–H groups in total. The van der Waals surface area contributed by atoms with E-state index in [9.17, 15) is 13.6 Å². The Morgan fingerprint density at radius 1 is 1.14 bits per heavy atom. The van der Waals surface area contributed by atoms with Crippen molar-refractivity contribution in [3.63, 3.8) is 0 Å². The van der Waals surface area contributed by atoms with E-state index in [1.54, 1.807) is 23.5 Å². The molecule has 0 fully saturated rings. The lowest BCUT2D eigenvalue weighted by molar-refractivity contribution is 0.101. The van der Waals surface area contributed by atoms with Crippen LogP contribution in [0.25, 0.3) is 5.57 Å². The van der Waals surface area contributed by atoms with E-state index >= 15 is 0 Å². The summed E-state index contributed by atoms with van der Waals surface area (Å²) in [6.45, 7) is 1.71. The number of carbonyl (C=O) groups excluding carboxylic acids is 1. The molecule has 0 saturated heterocycles. The molecule has 0 radical (unpaired) electrons. The Labute approximate surface area is 171 Å². The van der Waals surface area contributed by atoms with E-state index in [0.29, 0.717) is 5.69 Å². The number of thiazole rings is 1. The summed E-state index contributed by atoms with van der Waals surface area (Å²) in [5, 5.41) is 9.03. The fourth-order valence-electron chi connectivity index (χ4n) is 3.42. The molecule has 148 valence electrons. The van der Waals surface area contributed by atoms with E-state index in [1.807, 2.05) is 23.7 Å². The summed E-state index contributed by atoms with van der Waals surface area (Å²) in [5.41, 5.74) is 3.53. The van der Waals surface area contributed by atoms with E-state index in [-0.39, 0.29) is 0 Å². The molecule has 7 heteroatoms. The summed E-state index contributed by atoms with van der Waals surface area (Å²) in [6, 6.07) is 10.7. The molecule has 4 rings (SSSR count). The molecule has 2 aromatic carbocycles. The Morgan fingerprint density at radius 3 is 2.59 bits per heavy atom. The lowest BCUT2D eigenvalue weighted by atomic mass is 9.93. The van der Waals surface area contributed by atoms with Crippen molar-refractivity contribution in [3.8, 4) is 0 Å². The summed E-state index contributed by atoms with van der Waals surface area (Å²) in [4.78, 5) is 16.6. The highest BCUT2D eigenvalue weighted by Gasteiger charge is 2.18. The fourth-order valence-corrected chi connectivity index (χ4v) is 4.07. The number of amides is 1. The zero-order valence-electron chi connectivity index (χ0n) is 15.5. The molecule has 0 atom stereocenters. The van der Waals surface area contributed by atoms with Crippen molar-refractivity contribution in [2.24, 2.45) is 0 Å². The van der Waals surface area contributed by atoms with Gasteiger partial charge in [0, 0.05) is 30.2 Å². The van der Waals surface area contributed by atoms with Gasteiger partial charge >= 0.3 is 0 Å². The molecule has 3 aromatic rings. The summed E-state index contributed by atoms with van der Waals surface area (Å²) < 4.78 is 27.6. The zero-order chi connectivity index (χ0) is 20.2. The van der Waals surface area contributed by atoms with Crippen molar-refractivity contribution in [1.29, 1.82) is 0 Å². The molecule has 0 saturated carbocycles. The third-order valence-electron chi connectivity index (χ3n) is 4.86. The molecular weight excluding hydrogens is 392 g/mol. The van der Waals surface area contributed by atoms with E-state index in [1.165, 1.54) is 17.2 Å². The van der Waals surface area contributed by atoms with Crippen LogP contribution in [0.2, 0.25) is 0 Å². The highest BCUT2D eigenvalue weighted by molar-refractivity contribution is 7.09. The molecule has 0 spiro atoms. The van der Waals surface area contributed by atoms with Gasteiger partial charge in [-0.25, -0.2) is 13.8 Å². The Hall–Kier alpha value is -2.90. The van der Waals surface area contributed by atoms with Gasteiger partial charge in [0.15, 0.2) is 0 Å². The Balaban J connectivity index is 1.54. The Morgan fingerprint density at radius 2 is 1.90 bits per heavy atom. The van der Waals surface area contributed by atoms with E-state index in [2.05, 4.69) is 15.6 Å². The van der Waals surface area contributed by atoms with Gasteiger partial charge in [-0.05, 0) is 48.4 Å². The molecule has 29 heavy (non-hydrogen) atoms. The number of nitrogens with zero attached hydrogens (tertiary/aromatic N) is 1. The lowest BCUT2D eigenvalue weighted by Gasteiger charge is -2.21. The van der Waals surface area contributed by atoms with Crippen LogP contribution in [-0.4, -0.2) is 24.0 Å². The third kappa shape index (κ3) is 4.41.